The molecule has 0 N–H and O–H groups in total. The van der Waals surface area contributed by atoms with Crippen LogP contribution in [0.15, 0.2) is 45.9 Å². The molecule has 0 unspecified atom stereocenters. The van der Waals surface area contributed by atoms with Gasteiger partial charge in [-0.1, -0.05) is 19.1 Å². The Labute approximate surface area is 93.3 Å². The van der Waals surface area contributed by atoms with Crippen LogP contribution in [-0.2, 0) is 0 Å². The van der Waals surface area contributed by atoms with Crippen LogP contribution in [0.25, 0.3) is 12.2 Å². The molecule has 2 heterocycles. The highest BCUT2D eigenvalue weighted by atomic mass is 16.3. The van der Waals surface area contributed by atoms with Crippen molar-refractivity contribution >= 4 is 12.2 Å². The van der Waals surface area contributed by atoms with Gasteiger partial charge in [0.15, 0.2) is 0 Å². The van der Waals surface area contributed by atoms with Gasteiger partial charge >= 0.3 is 0 Å². The van der Waals surface area contributed by atoms with Gasteiger partial charge < -0.3 is 8.83 Å². The van der Waals surface area contributed by atoms with E-state index in [0.717, 1.165) is 0 Å². The van der Waals surface area contributed by atoms with Crippen molar-refractivity contribution in [2.45, 2.75) is 6.92 Å². The second-order valence-corrected chi connectivity index (χ2v) is 3.32. The van der Waals surface area contributed by atoms with Crippen molar-refractivity contribution in [3.05, 3.63) is 48.9 Å². The fourth-order valence-electron chi connectivity index (χ4n) is 1.17. The number of allylic oxidation sites excluding steroid dienone is 2. The second kappa shape index (κ2) is 5.11. The molecule has 2 aromatic rings. The van der Waals surface area contributed by atoms with E-state index in [9.17, 15) is 0 Å². The maximum Gasteiger partial charge on any atom is 0.218 e. The van der Waals surface area contributed by atoms with E-state index >= 15 is 0 Å². The molecule has 0 aliphatic heterocycles. The Balaban J connectivity index is 1.91. The molecule has 0 aliphatic carbocycles. The van der Waals surface area contributed by atoms with Crippen molar-refractivity contribution in [3.8, 4) is 0 Å². The summed E-state index contributed by atoms with van der Waals surface area (Å²) in [6.45, 7) is 2.05. The predicted octanol–water partition coefficient (Wildman–Crippen LogP) is 3.03. The minimum absolute atomic E-state index is 0.263. The van der Waals surface area contributed by atoms with Crippen LogP contribution in [0.4, 0.5) is 0 Å². The molecular weight excluding hydrogens is 204 g/mol. The van der Waals surface area contributed by atoms with Gasteiger partial charge in [-0.25, -0.2) is 9.97 Å². The topological polar surface area (TPSA) is 52.1 Å². The van der Waals surface area contributed by atoms with Gasteiger partial charge in [-0.05, 0) is 18.1 Å². The third-order valence-corrected chi connectivity index (χ3v) is 1.99. The zero-order chi connectivity index (χ0) is 11.2. The molecule has 0 spiro atoms. The van der Waals surface area contributed by atoms with Crippen LogP contribution in [0, 0.1) is 5.92 Å². The lowest BCUT2D eigenvalue weighted by Crippen LogP contribution is -1.82. The van der Waals surface area contributed by atoms with E-state index in [1.165, 1.54) is 0 Å². The molecule has 0 bridgehead atoms. The molecule has 0 fully saturated rings. The second-order valence-electron chi connectivity index (χ2n) is 3.32. The summed E-state index contributed by atoms with van der Waals surface area (Å²) in [5.74, 6) is 1.48. The first-order valence-corrected chi connectivity index (χ1v) is 5.00. The van der Waals surface area contributed by atoms with Gasteiger partial charge in [0.2, 0.25) is 11.8 Å². The number of aromatic nitrogens is 2. The minimum Gasteiger partial charge on any atom is -0.445 e. The van der Waals surface area contributed by atoms with Crippen molar-refractivity contribution in [2.24, 2.45) is 5.92 Å². The molecule has 16 heavy (non-hydrogen) atoms. The predicted molar refractivity (Wildman–Crippen MR) is 60.2 cm³/mol. The average Bonchev–Trinajstić information content (AvgIpc) is 2.96. The zero-order valence-electron chi connectivity index (χ0n) is 8.91. The lowest BCUT2D eigenvalue weighted by Gasteiger charge is -1.94. The van der Waals surface area contributed by atoms with E-state index in [-0.39, 0.29) is 5.92 Å². The highest BCUT2D eigenvalue weighted by molar-refractivity contribution is 5.42. The fraction of sp³-hybridized carbons (Fsp3) is 0.167. The summed E-state index contributed by atoms with van der Waals surface area (Å²) < 4.78 is 10.2. The van der Waals surface area contributed by atoms with E-state index < -0.39 is 0 Å². The summed E-state index contributed by atoms with van der Waals surface area (Å²) in [6, 6.07) is 0. The van der Waals surface area contributed by atoms with Gasteiger partial charge in [0.25, 0.3) is 0 Å². The summed E-state index contributed by atoms with van der Waals surface area (Å²) in [4.78, 5) is 7.98. The summed E-state index contributed by atoms with van der Waals surface area (Å²) in [7, 11) is 0. The van der Waals surface area contributed by atoms with Gasteiger partial charge in [-0.15, -0.1) is 0 Å². The first-order chi connectivity index (χ1) is 7.84. The Kier molecular flexibility index (Phi) is 3.33. The van der Waals surface area contributed by atoms with Crippen LogP contribution in [-0.4, -0.2) is 9.97 Å². The molecule has 2 rings (SSSR count). The van der Waals surface area contributed by atoms with E-state index in [0.29, 0.717) is 11.8 Å². The molecule has 0 saturated heterocycles. The van der Waals surface area contributed by atoms with Crippen LogP contribution in [0.1, 0.15) is 18.7 Å². The van der Waals surface area contributed by atoms with Crippen LogP contribution in [0.5, 0.6) is 0 Å². The number of rotatable bonds is 4. The van der Waals surface area contributed by atoms with Crippen molar-refractivity contribution < 1.29 is 8.83 Å². The molecule has 2 aromatic heterocycles. The molecular formula is C12H12N2O2. The summed E-state index contributed by atoms with van der Waals surface area (Å²) >= 11 is 0. The molecule has 0 radical (unpaired) electrons. The molecule has 4 heteroatoms. The van der Waals surface area contributed by atoms with E-state index in [1.807, 2.05) is 24.3 Å². The highest BCUT2D eigenvalue weighted by Gasteiger charge is 1.94. The monoisotopic (exact) mass is 216 g/mol. The Hall–Kier alpha value is -2.10. The third-order valence-electron chi connectivity index (χ3n) is 1.99. The standard InChI is InChI=1S/C12H12N2O2/c1-10(2-4-11-13-6-8-15-11)3-5-12-14-7-9-16-12/h2-10H,1H3. The normalized spacial score (nSPS) is 13.8. The van der Waals surface area contributed by atoms with E-state index in [4.69, 9.17) is 8.83 Å². The van der Waals surface area contributed by atoms with Crippen LogP contribution < -0.4 is 0 Å². The first kappa shape index (κ1) is 10.4. The van der Waals surface area contributed by atoms with Crippen LogP contribution >= 0.6 is 0 Å². The van der Waals surface area contributed by atoms with Crippen molar-refractivity contribution in [3.63, 3.8) is 0 Å². The van der Waals surface area contributed by atoms with Gasteiger partial charge in [0, 0.05) is 0 Å². The third kappa shape index (κ3) is 2.95. The highest BCUT2D eigenvalue weighted by Crippen LogP contribution is 2.07. The smallest absolute Gasteiger partial charge is 0.218 e. The minimum atomic E-state index is 0.263. The lowest BCUT2D eigenvalue weighted by molar-refractivity contribution is 0.545. The van der Waals surface area contributed by atoms with Crippen LogP contribution in [0.3, 0.4) is 0 Å². The fourth-order valence-corrected chi connectivity index (χ4v) is 1.17. The van der Waals surface area contributed by atoms with E-state index in [2.05, 4.69) is 16.9 Å². The van der Waals surface area contributed by atoms with Gasteiger partial charge in [-0.3, -0.25) is 0 Å². The number of oxazole rings is 2. The molecule has 0 atom stereocenters. The average molecular weight is 216 g/mol. The number of hydrogen-bond donors (Lipinski definition) is 0. The quantitative estimate of drug-likeness (QED) is 0.788. The largest absolute Gasteiger partial charge is 0.445 e. The number of hydrogen-bond acceptors (Lipinski definition) is 4. The molecule has 4 nitrogen and oxygen atoms in total. The first-order valence-electron chi connectivity index (χ1n) is 5.00. The Morgan fingerprint density at radius 2 is 1.50 bits per heavy atom. The SMILES string of the molecule is CC(C=Cc1ncco1)C=Cc1ncco1. The van der Waals surface area contributed by atoms with Crippen molar-refractivity contribution in [1.82, 2.24) is 9.97 Å². The molecule has 82 valence electrons. The lowest BCUT2D eigenvalue weighted by atomic mass is 10.1. The maximum absolute atomic E-state index is 5.08. The zero-order valence-corrected chi connectivity index (χ0v) is 8.91. The maximum atomic E-state index is 5.08. The molecule has 0 aliphatic rings. The summed E-state index contributed by atoms with van der Waals surface area (Å²) in [5, 5.41) is 0. The Bertz CT molecular complexity index is 411. The van der Waals surface area contributed by atoms with Gasteiger partial charge in [-0.2, -0.15) is 0 Å². The van der Waals surface area contributed by atoms with Crippen molar-refractivity contribution in [1.29, 1.82) is 0 Å². The van der Waals surface area contributed by atoms with Crippen LogP contribution in [0.2, 0.25) is 0 Å². The van der Waals surface area contributed by atoms with Crippen molar-refractivity contribution in [2.75, 3.05) is 0 Å². The summed E-state index contributed by atoms with van der Waals surface area (Å²) in [5.41, 5.74) is 0. The summed E-state index contributed by atoms with van der Waals surface area (Å²) in [6.07, 6.45) is 14.0. The van der Waals surface area contributed by atoms with Gasteiger partial charge in [0.05, 0.1) is 12.4 Å². The number of nitrogens with zero attached hydrogens (tertiary/aromatic N) is 2. The molecule has 0 amide bonds. The van der Waals surface area contributed by atoms with Gasteiger partial charge in [0.1, 0.15) is 12.5 Å². The van der Waals surface area contributed by atoms with E-state index in [1.54, 1.807) is 24.9 Å². The molecule has 0 saturated carbocycles. The Morgan fingerprint density at radius 3 is 1.88 bits per heavy atom. The molecule has 0 aromatic carbocycles. The Morgan fingerprint density at radius 1 is 1.00 bits per heavy atom.